The molecule has 0 spiro atoms. The van der Waals surface area contributed by atoms with Crippen molar-refractivity contribution in [1.82, 2.24) is 4.72 Å². The minimum atomic E-state index is -3.64. The van der Waals surface area contributed by atoms with Crippen LogP contribution in [0.5, 0.6) is 11.5 Å². The number of ether oxygens (including phenoxy) is 2. The van der Waals surface area contributed by atoms with Crippen LogP contribution >= 0.6 is 0 Å². The van der Waals surface area contributed by atoms with E-state index in [1.807, 2.05) is 36.4 Å². The molecule has 170 valence electrons. The summed E-state index contributed by atoms with van der Waals surface area (Å²) in [7, 11) is -0.365. The number of rotatable bonds is 8. The highest BCUT2D eigenvalue weighted by Crippen LogP contribution is 2.33. The summed E-state index contributed by atoms with van der Waals surface area (Å²) in [6.07, 6.45) is 4.00. The van der Waals surface area contributed by atoms with Crippen LogP contribution in [0.3, 0.4) is 0 Å². The van der Waals surface area contributed by atoms with E-state index in [9.17, 15) is 8.42 Å². The molecule has 0 aliphatic carbocycles. The summed E-state index contributed by atoms with van der Waals surface area (Å²) in [5.41, 5.74) is 1.92. The van der Waals surface area contributed by atoms with Crippen LogP contribution in [0.25, 0.3) is 10.8 Å². The zero-order valence-electron chi connectivity index (χ0n) is 18.6. The van der Waals surface area contributed by atoms with E-state index in [0.29, 0.717) is 18.7 Å². The lowest BCUT2D eigenvalue weighted by Gasteiger charge is -2.30. The Balaban J connectivity index is 1.51. The summed E-state index contributed by atoms with van der Waals surface area (Å²) in [5, 5.41) is 2.10. The third kappa shape index (κ3) is 4.69. The van der Waals surface area contributed by atoms with Gasteiger partial charge in [0.25, 0.3) is 0 Å². The molecule has 32 heavy (non-hydrogen) atoms. The van der Waals surface area contributed by atoms with E-state index in [0.717, 1.165) is 53.7 Å². The smallest absolute Gasteiger partial charge is 0.240 e. The highest BCUT2D eigenvalue weighted by molar-refractivity contribution is 7.89. The molecule has 1 fully saturated rings. The number of fused-ring (bicyclic) bond motifs is 1. The first-order chi connectivity index (χ1) is 15.5. The minimum Gasteiger partial charge on any atom is -0.496 e. The van der Waals surface area contributed by atoms with Crippen molar-refractivity contribution in [3.05, 3.63) is 60.2 Å². The fourth-order valence-corrected chi connectivity index (χ4v) is 5.42. The van der Waals surface area contributed by atoms with Gasteiger partial charge < -0.3 is 14.4 Å². The lowest BCUT2D eigenvalue weighted by atomic mass is 10.0. The van der Waals surface area contributed by atoms with E-state index >= 15 is 0 Å². The van der Waals surface area contributed by atoms with E-state index < -0.39 is 10.0 Å². The summed E-state index contributed by atoms with van der Waals surface area (Å²) >= 11 is 0. The second-order valence-electron chi connectivity index (χ2n) is 8.00. The second kappa shape index (κ2) is 9.79. The third-order valence-corrected chi connectivity index (χ3v) is 7.49. The molecular weight excluding hydrogens is 424 g/mol. The lowest BCUT2D eigenvalue weighted by Crippen LogP contribution is -2.30. The van der Waals surface area contributed by atoms with Crippen molar-refractivity contribution < 1.29 is 17.9 Å². The van der Waals surface area contributed by atoms with Gasteiger partial charge in [-0.15, -0.1) is 0 Å². The fourth-order valence-electron chi connectivity index (χ4n) is 4.36. The van der Waals surface area contributed by atoms with Crippen LogP contribution in [0, 0.1) is 0 Å². The van der Waals surface area contributed by atoms with Crippen molar-refractivity contribution in [3.63, 3.8) is 0 Å². The molecule has 1 aliphatic rings. The molecular formula is C25H30N2O4S. The Morgan fingerprint density at radius 2 is 1.59 bits per heavy atom. The molecule has 0 atom stereocenters. The van der Waals surface area contributed by atoms with Crippen molar-refractivity contribution in [2.45, 2.75) is 30.6 Å². The molecule has 3 aromatic carbocycles. The van der Waals surface area contributed by atoms with Crippen molar-refractivity contribution in [2.24, 2.45) is 0 Å². The van der Waals surface area contributed by atoms with Gasteiger partial charge in [0.2, 0.25) is 10.0 Å². The minimum absolute atomic E-state index is 0.262. The number of hydrogen-bond donors (Lipinski definition) is 1. The normalized spacial score (nSPS) is 14.5. The number of sulfonamides is 1. The Bertz CT molecular complexity index is 1190. The molecule has 3 aromatic rings. The molecule has 1 N–H and O–H groups in total. The van der Waals surface area contributed by atoms with Crippen molar-refractivity contribution in [3.8, 4) is 11.5 Å². The molecule has 0 bridgehead atoms. The van der Waals surface area contributed by atoms with Gasteiger partial charge in [-0.3, -0.25) is 0 Å². The fraction of sp³-hybridized carbons (Fsp3) is 0.360. The molecule has 4 rings (SSSR count). The predicted octanol–water partition coefficient (Wildman–Crippen LogP) is 4.37. The van der Waals surface area contributed by atoms with Gasteiger partial charge in [0.05, 0.1) is 24.8 Å². The zero-order valence-corrected chi connectivity index (χ0v) is 19.5. The Morgan fingerprint density at radius 3 is 2.34 bits per heavy atom. The quantitative estimate of drug-likeness (QED) is 0.548. The number of methoxy groups -OCH3 is 2. The molecule has 7 heteroatoms. The van der Waals surface area contributed by atoms with E-state index in [2.05, 4.69) is 9.62 Å². The summed E-state index contributed by atoms with van der Waals surface area (Å²) in [4.78, 5) is 2.48. The molecule has 0 amide bonds. The van der Waals surface area contributed by atoms with Gasteiger partial charge in [-0.25, -0.2) is 13.1 Å². The number of benzene rings is 3. The van der Waals surface area contributed by atoms with Crippen molar-refractivity contribution in [2.75, 3.05) is 38.8 Å². The second-order valence-corrected chi connectivity index (χ2v) is 9.77. The van der Waals surface area contributed by atoms with Gasteiger partial charge >= 0.3 is 0 Å². The average Bonchev–Trinajstić information content (AvgIpc) is 2.83. The van der Waals surface area contributed by atoms with Crippen LogP contribution in [0.1, 0.15) is 24.8 Å². The molecule has 0 radical (unpaired) electrons. The van der Waals surface area contributed by atoms with Gasteiger partial charge in [0.1, 0.15) is 11.5 Å². The highest BCUT2D eigenvalue weighted by Gasteiger charge is 2.20. The Hall–Kier alpha value is -2.77. The first-order valence-corrected chi connectivity index (χ1v) is 12.5. The maximum Gasteiger partial charge on any atom is 0.240 e. The summed E-state index contributed by atoms with van der Waals surface area (Å²) < 4.78 is 39.8. The standard InChI is InChI=1S/C25H30N2O4S/c1-30-24-11-7-9-21-19(8-6-10-22(21)24)14-15-26-32(28,29)20-12-13-25(31-2)23(18-20)27-16-4-3-5-17-27/h6-13,18,26H,3-5,14-17H2,1-2H3. The summed E-state index contributed by atoms with van der Waals surface area (Å²) in [5.74, 6) is 1.52. The first kappa shape index (κ1) is 22.4. The topological polar surface area (TPSA) is 67.9 Å². The largest absolute Gasteiger partial charge is 0.496 e. The van der Waals surface area contributed by atoms with Crippen LogP contribution < -0.4 is 19.1 Å². The molecule has 1 aliphatic heterocycles. The predicted molar refractivity (Wildman–Crippen MR) is 128 cm³/mol. The Labute approximate surface area is 190 Å². The number of hydrogen-bond acceptors (Lipinski definition) is 5. The third-order valence-electron chi connectivity index (χ3n) is 6.04. The van der Waals surface area contributed by atoms with Crippen molar-refractivity contribution >= 4 is 26.5 Å². The Morgan fingerprint density at radius 1 is 0.875 bits per heavy atom. The molecule has 0 unspecified atom stereocenters. The number of nitrogens with one attached hydrogen (secondary N) is 1. The Kier molecular flexibility index (Phi) is 6.86. The molecule has 6 nitrogen and oxygen atoms in total. The highest BCUT2D eigenvalue weighted by atomic mass is 32.2. The van der Waals surface area contributed by atoms with Gasteiger partial charge in [0.15, 0.2) is 0 Å². The summed E-state index contributed by atoms with van der Waals surface area (Å²) in [6, 6.07) is 17.0. The monoisotopic (exact) mass is 454 g/mol. The molecule has 0 aromatic heterocycles. The SMILES string of the molecule is COc1ccc(S(=O)(=O)NCCc2cccc3c(OC)cccc23)cc1N1CCCCC1. The number of nitrogens with zero attached hydrogens (tertiary/aromatic N) is 1. The van der Waals surface area contributed by atoms with Crippen LogP contribution in [-0.4, -0.2) is 42.3 Å². The number of piperidine rings is 1. The van der Waals surface area contributed by atoms with Crippen LogP contribution in [0.15, 0.2) is 59.5 Å². The number of anilines is 1. The van der Waals surface area contributed by atoms with Gasteiger partial charge in [-0.2, -0.15) is 0 Å². The van der Waals surface area contributed by atoms with E-state index in [1.54, 1.807) is 32.4 Å². The molecule has 0 saturated carbocycles. The van der Waals surface area contributed by atoms with Crippen LogP contribution in [0.4, 0.5) is 5.69 Å². The average molecular weight is 455 g/mol. The maximum atomic E-state index is 13.0. The first-order valence-electron chi connectivity index (χ1n) is 11.0. The van der Waals surface area contributed by atoms with E-state index in [-0.39, 0.29) is 4.90 Å². The van der Waals surface area contributed by atoms with Crippen molar-refractivity contribution in [1.29, 1.82) is 0 Å². The molecule has 1 heterocycles. The summed E-state index contributed by atoms with van der Waals surface area (Å²) in [6.45, 7) is 2.14. The maximum absolute atomic E-state index is 13.0. The van der Waals surface area contributed by atoms with Gasteiger partial charge in [0, 0.05) is 25.0 Å². The van der Waals surface area contributed by atoms with Crippen LogP contribution in [0.2, 0.25) is 0 Å². The van der Waals surface area contributed by atoms with E-state index in [1.165, 1.54) is 6.42 Å². The lowest BCUT2D eigenvalue weighted by molar-refractivity contribution is 0.412. The van der Waals surface area contributed by atoms with Gasteiger partial charge in [-0.05, 0) is 60.9 Å². The van der Waals surface area contributed by atoms with Gasteiger partial charge in [-0.1, -0.05) is 30.3 Å². The van der Waals surface area contributed by atoms with Crippen LogP contribution in [-0.2, 0) is 16.4 Å². The molecule has 1 saturated heterocycles. The van der Waals surface area contributed by atoms with E-state index in [4.69, 9.17) is 9.47 Å². The zero-order chi connectivity index (χ0) is 22.6.